The highest BCUT2D eigenvalue weighted by Crippen LogP contribution is 2.11. The lowest BCUT2D eigenvalue weighted by Gasteiger charge is -2.21. The highest BCUT2D eigenvalue weighted by Gasteiger charge is 2.08. The minimum absolute atomic E-state index is 0.0359. The van der Waals surface area contributed by atoms with Gasteiger partial charge in [-0.05, 0) is 31.8 Å². The van der Waals surface area contributed by atoms with Crippen LogP contribution in [0.1, 0.15) is 40.0 Å². The van der Waals surface area contributed by atoms with Crippen LogP contribution >= 0.6 is 11.8 Å². The van der Waals surface area contributed by atoms with Crippen LogP contribution in [0.5, 0.6) is 0 Å². The molecule has 0 aromatic rings. The third kappa shape index (κ3) is 11.1. The summed E-state index contributed by atoms with van der Waals surface area (Å²) in [4.78, 5) is 35.4. The van der Waals surface area contributed by atoms with Crippen molar-refractivity contribution >= 4 is 28.7 Å². The van der Waals surface area contributed by atoms with Crippen LogP contribution in [-0.4, -0.2) is 47.2 Å². The lowest BCUT2D eigenvalue weighted by molar-refractivity contribution is -0.129. The minimum Gasteiger partial charge on any atom is -0.356 e. The van der Waals surface area contributed by atoms with Crippen molar-refractivity contribution in [2.45, 2.75) is 40.0 Å². The third-order valence-corrected chi connectivity index (χ3v) is 3.93. The van der Waals surface area contributed by atoms with E-state index in [0.29, 0.717) is 25.2 Å². The first kappa shape index (κ1) is 19.7. The number of nitrogens with one attached hydrogen (secondary N) is 1. The Hall–Kier alpha value is -1.30. The molecule has 6 heteroatoms. The van der Waals surface area contributed by atoms with E-state index in [1.54, 1.807) is 18.7 Å². The fraction of sp³-hybridized carbons (Fsp3) is 0.667. The van der Waals surface area contributed by atoms with Gasteiger partial charge in [-0.15, -0.1) is 0 Å². The van der Waals surface area contributed by atoms with Crippen LogP contribution in [0, 0.1) is 0 Å². The topological polar surface area (TPSA) is 66.5 Å². The molecular weight excluding hydrogens is 288 g/mol. The van der Waals surface area contributed by atoms with Crippen LogP contribution in [-0.2, 0) is 14.4 Å². The van der Waals surface area contributed by atoms with Gasteiger partial charge in [0.25, 0.3) is 0 Å². The van der Waals surface area contributed by atoms with Gasteiger partial charge < -0.3 is 10.2 Å². The molecule has 1 N–H and O–H groups in total. The zero-order chi connectivity index (χ0) is 16.3. The van der Waals surface area contributed by atoms with Crippen molar-refractivity contribution in [2.75, 3.05) is 25.4 Å². The maximum absolute atomic E-state index is 11.5. The average Bonchev–Trinajstić information content (AvgIpc) is 2.39. The predicted molar refractivity (Wildman–Crippen MR) is 87.1 cm³/mol. The molecule has 0 unspecified atom stereocenters. The maximum Gasteiger partial charge on any atom is 0.219 e. The van der Waals surface area contributed by atoms with E-state index in [-0.39, 0.29) is 16.9 Å². The number of carbonyl (C=O) groups excluding carboxylic acids is 3. The Labute approximate surface area is 131 Å². The van der Waals surface area contributed by atoms with E-state index in [1.165, 1.54) is 18.7 Å². The quantitative estimate of drug-likeness (QED) is 0.494. The number of rotatable bonds is 10. The molecule has 0 bridgehead atoms. The Morgan fingerprint density at radius 1 is 1.05 bits per heavy atom. The second kappa shape index (κ2) is 11.4. The van der Waals surface area contributed by atoms with Crippen molar-refractivity contribution in [2.24, 2.45) is 0 Å². The van der Waals surface area contributed by atoms with E-state index in [0.717, 1.165) is 25.0 Å². The smallest absolute Gasteiger partial charge is 0.219 e. The van der Waals surface area contributed by atoms with E-state index in [4.69, 9.17) is 0 Å². The van der Waals surface area contributed by atoms with Crippen LogP contribution in [0.2, 0.25) is 0 Å². The molecule has 0 aromatic heterocycles. The van der Waals surface area contributed by atoms with E-state index in [1.807, 2.05) is 0 Å². The van der Waals surface area contributed by atoms with Gasteiger partial charge in [-0.1, -0.05) is 18.3 Å². The summed E-state index contributed by atoms with van der Waals surface area (Å²) >= 11 is 1.28. The number of hydrogen-bond acceptors (Lipinski definition) is 4. The average molecular weight is 314 g/mol. The molecule has 0 saturated carbocycles. The molecule has 0 heterocycles. The second-order valence-electron chi connectivity index (χ2n) is 4.97. The Bertz CT molecular complexity index is 383. The number of nitrogens with zero attached hydrogens (tertiary/aromatic N) is 1. The molecule has 0 aliphatic rings. The number of amides is 2. The van der Waals surface area contributed by atoms with E-state index >= 15 is 0 Å². The maximum atomic E-state index is 11.5. The first-order valence-corrected chi connectivity index (χ1v) is 8.15. The molecule has 0 aliphatic carbocycles. The number of carbonyl (C=O) groups is 3. The molecule has 0 atom stereocenters. The Kier molecular flexibility index (Phi) is 10.7. The summed E-state index contributed by atoms with van der Waals surface area (Å²) in [5.41, 5.74) is 0.573. The fourth-order valence-electron chi connectivity index (χ4n) is 1.65. The Morgan fingerprint density at radius 2 is 1.67 bits per heavy atom. The van der Waals surface area contributed by atoms with Gasteiger partial charge in [0.15, 0.2) is 0 Å². The lowest BCUT2D eigenvalue weighted by Crippen LogP contribution is -2.33. The molecule has 0 aromatic carbocycles. The summed E-state index contributed by atoms with van der Waals surface area (Å²) < 4.78 is 0. The first-order valence-electron chi connectivity index (χ1n) is 7.17. The number of thioether (sulfide) groups is 1. The molecule has 0 saturated heterocycles. The van der Waals surface area contributed by atoms with Gasteiger partial charge in [-0.3, -0.25) is 14.4 Å². The summed E-state index contributed by atoms with van der Waals surface area (Å²) in [6, 6.07) is 0. The van der Waals surface area contributed by atoms with E-state index < -0.39 is 0 Å². The summed E-state index contributed by atoms with van der Waals surface area (Å²) in [5.74, 6) is 0.746. The van der Waals surface area contributed by atoms with Crippen molar-refractivity contribution in [3.05, 3.63) is 12.2 Å². The standard InChI is InChI=1S/C15H26N2O3S/c1-12(2)15(20)21-11-6-5-9-17(14(4)19)10-7-8-16-13(3)18/h1,5-11H2,2-4H3,(H,16,18). The van der Waals surface area contributed by atoms with Crippen molar-refractivity contribution < 1.29 is 14.4 Å². The van der Waals surface area contributed by atoms with Gasteiger partial charge in [0.1, 0.15) is 0 Å². The van der Waals surface area contributed by atoms with Gasteiger partial charge in [0.05, 0.1) is 0 Å². The van der Waals surface area contributed by atoms with Crippen molar-refractivity contribution in [1.29, 1.82) is 0 Å². The van der Waals surface area contributed by atoms with Crippen LogP contribution in [0.3, 0.4) is 0 Å². The molecule has 21 heavy (non-hydrogen) atoms. The zero-order valence-electron chi connectivity index (χ0n) is 13.2. The molecule has 120 valence electrons. The second-order valence-corrected chi connectivity index (χ2v) is 6.03. The third-order valence-electron chi connectivity index (χ3n) is 2.83. The molecule has 0 rings (SSSR count). The van der Waals surface area contributed by atoms with Crippen molar-refractivity contribution in [3.8, 4) is 0 Å². The molecule has 0 radical (unpaired) electrons. The lowest BCUT2D eigenvalue weighted by atomic mass is 10.3. The van der Waals surface area contributed by atoms with Crippen molar-refractivity contribution in [3.63, 3.8) is 0 Å². The fourth-order valence-corrected chi connectivity index (χ4v) is 2.43. The summed E-state index contributed by atoms with van der Waals surface area (Å²) in [7, 11) is 0. The Morgan fingerprint density at radius 3 is 2.19 bits per heavy atom. The normalized spacial score (nSPS) is 10.0. The van der Waals surface area contributed by atoms with Crippen LogP contribution in [0.25, 0.3) is 0 Å². The van der Waals surface area contributed by atoms with E-state index in [9.17, 15) is 14.4 Å². The first-order chi connectivity index (χ1) is 9.84. The van der Waals surface area contributed by atoms with Crippen LogP contribution < -0.4 is 5.32 Å². The SMILES string of the molecule is C=C(C)C(=O)SCCCCN(CCCNC(C)=O)C(C)=O. The van der Waals surface area contributed by atoms with E-state index in [2.05, 4.69) is 11.9 Å². The Balaban J connectivity index is 3.79. The molecule has 0 aliphatic heterocycles. The zero-order valence-corrected chi connectivity index (χ0v) is 14.1. The van der Waals surface area contributed by atoms with Crippen LogP contribution in [0.4, 0.5) is 0 Å². The van der Waals surface area contributed by atoms with Gasteiger partial charge in [-0.2, -0.15) is 0 Å². The van der Waals surface area contributed by atoms with Crippen LogP contribution in [0.15, 0.2) is 12.2 Å². The largest absolute Gasteiger partial charge is 0.356 e. The molecular formula is C15H26N2O3S. The van der Waals surface area contributed by atoms with Crippen molar-refractivity contribution in [1.82, 2.24) is 10.2 Å². The summed E-state index contributed by atoms with van der Waals surface area (Å²) in [5, 5.41) is 2.75. The van der Waals surface area contributed by atoms with Gasteiger partial charge in [0, 0.05) is 39.2 Å². The highest BCUT2D eigenvalue weighted by molar-refractivity contribution is 8.14. The highest BCUT2D eigenvalue weighted by atomic mass is 32.2. The summed E-state index contributed by atoms with van der Waals surface area (Å²) in [6.45, 7) is 10.3. The molecule has 0 fully saturated rings. The summed E-state index contributed by atoms with van der Waals surface area (Å²) in [6.07, 6.45) is 2.51. The molecule has 5 nitrogen and oxygen atoms in total. The minimum atomic E-state index is -0.0522. The monoisotopic (exact) mass is 314 g/mol. The molecule has 2 amide bonds. The van der Waals surface area contributed by atoms with Gasteiger partial charge >= 0.3 is 0 Å². The van der Waals surface area contributed by atoms with Gasteiger partial charge in [0.2, 0.25) is 16.9 Å². The predicted octanol–water partition coefficient (Wildman–Crippen LogP) is 1.98. The number of unbranched alkanes of at least 4 members (excludes halogenated alkanes) is 1. The molecule has 0 spiro atoms. The number of hydrogen-bond donors (Lipinski definition) is 1. The van der Waals surface area contributed by atoms with Gasteiger partial charge in [-0.25, -0.2) is 0 Å².